The summed E-state index contributed by atoms with van der Waals surface area (Å²) in [6, 6.07) is 5.42. The van der Waals surface area contributed by atoms with Gasteiger partial charge in [0.15, 0.2) is 0 Å². The number of benzene rings is 1. The van der Waals surface area contributed by atoms with Crippen LogP contribution in [0.15, 0.2) is 23.2 Å². The average molecular weight is 252 g/mol. The lowest BCUT2D eigenvalue weighted by atomic mass is 10.2. The molecular formula is C8H5BrCl2. The van der Waals surface area contributed by atoms with E-state index < -0.39 is 0 Å². The summed E-state index contributed by atoms with van der Waals surface area (Å²) < 4.78 is 0. The maximum absolute atomic E-state index is 5.85. The first-order valence-corrected chi connectivity index (χ1v) is 4.63. The molecule has 0 unspecified atom stereocenters. The molecule has 1 aromatic carbocycles. The first kappa shape index (κ1) is 9.11. The molecule has 0 radical (unpaired) electrons. The van der Waals surface area contributed by atoms with Crippen LogP contribution in [0.1, 0.15) is 5.56 Å². The molecule has 0 aliphatic rings. The van der Waals surface area contributed by atoms with Gasteiger partial charge in [-0.1, -0.05) is 45.2 Å². The van der Waals surface area contributed by atoms with Crippen molar-refractivity contribution in [1.29, 1.82) is 0 Å². The van der Waals surface area contributed by atoms with Gasteiger partial charge in [-0.15, -0.1) is 0 Å². The van der Waals surface area contributed by atoms with E-state index in [1.54, 1.807) is 17.1 Å². The van der Waals surface area contributed by atoms with Gasteiger partial charge in [0, 0.05) is 15.6 Å². The second-order valence-corrected chi connectivity index (χ2v) is 3.27. The Morgan fingerprint density at radius 2 is 1.73 bits per heavy atom. The van der Waals surface area contributed by atoms with Gasteiger partial charge in [0.05, 0.1) is 0 Å². The highest BCUT2D eigenvalue weighted by molar-refractivity contribution is 9.11. The monoisotopic (exact) mass is 250 g/mol. The molecule has 11 heavy (non-hydrogen) atoms. The zero-order chi connectivity index (χ0) is 8.27. The molecule has 0 N–H and O–H groups in total. The molecule has 0 aliphatic carbocycles. The van der Waals surface area contributed by atoms with Crippen LogP contribution in [0.5, 0.6) is 0 Å². The highest BCUT2D eigenvalue weighted by Crippen LogP contribution is 2.25. The predicted octanol–water partition coefficient (Wildman–Crippen LogP) is 4.36. The summed E-state index contributed by atoms with van der Waals surface area (Å²) >= 11 is 14.9. The van der Waals surface area contributed by atoms with Gasteiger partial charge in [-0.25, -0.2) is 0 Å². The lowest BCUT2D eigenvalue weighted by Gasteiger charge is -1.98. The molecule has 0 aliphatic heterocycles. The normalized spacial score (nSPS) is 10.8. The van der Waals surface area contributed by atoms with Crippen LogP contribution in [0, 0.1) is 0 Å². The average Bonchev–Trinajstić information content (AvgIpc) is 1.97. The molecule has 0 spiro atoms. The van der Waals surface area contributed by atoms with Gasteiger partial charge in [0.1, 0.15) is 0 Å². The summed E-state index contributed by atoms with van der Waals surface area (Å²) in [5, 5.41) is 1.32. The lowest BCUT2D eigenvalue weighted by molar-refractivity contribution is 1.66. The van der Waals surface area contributed by atoms with Crippen molar-refractivity contribution in [3.63, 3.8) is 0 Å². The van der Waals surface area contributed by atoms with Crippen molar-refractivity contribution in [3.05, 3.63) is 38.8 Å². The first-order chi connectivity index (χ1) is 5.25. The van der Waals surface area contributed by atoms with E-state index in [0.717, 1.165) is 5.56 Å². The third-order valence-corrected chi connectivity index (χ3v) is 2.15. The molecule has 0 bridgehead atoms. The Kier molecular flexibility index (Phi) is 3.44. The predicted molar refractivity (Wildman–Crippen MR) is 54.4 cm³/mol. The van der Waals surface area contributed by atoms with Gasteiger partial charge < -0.3 is 0 Å². The number of hydrogen-bond donors (Lipinski definition) is 0. The van der Waals surface area contributed by atoms with E-state index in [9.17, 15) is 0 Å². The van der Waals surface area contributed by atoms with Crippen LogP contribution in [0.4, 0.5) is 0 Å². The molecule has 0 aromatic heterocycles. The molecule has 0 saturated carbocycles. The maximum atomic E-state index is 5.85. The second kappa shape index (κ2) is 4.15. The van der Waals surface area contributed by atoms with Gasteiger partial charge in [0.2, 0.25) is 0 Å². The Bertz CT molecular complexity index is 261. The van der Waals surface area contributed by atoms with Gasteiger partial charge in [0.25, 0.3) is 0 Å². The molecule has 0 heterocycles. The molecule has 0 atom stereocenters. The topological polar surface area (TPSA) is 0 Å². The smallest absolute Gasteiger partial charge is 0.0493 e. The summed E-state index contributed by atoms with van der Waals surface area (Å²) in [7, 11) is 0. The zero-order valence-electron chi connectivity index (χ0n) is 5.52. The van der Waals surface area contributed by atoms with Crippen molar-refractivity contribution in [3.8, 4) is 0 Å². The fraction of sp³-hybridized carbons (Fsp3) is 0. The van der Waals surface area contributed by atoms with E-state index in [2.05, 4.69) is 15.9 Å². The third kappa shape index (κ3) is 2.22. The van der Waals surface area contributed by atoms with Crippen LogP contribution in [0.25, 0.3) is 6.08 Å². The van der Waals surface area contributed by atoms with Crippen LogP contribution >= 0.6 is 39.1 Å². The third-order valence-electron chi connectivity index (χ3n) is 1.23. The van der Waals surface area contributed by atoms with Gasteiger partial charge in [-0.05, 0) is 23.2 Å². The van der Waals surface area contributed by atoms with Crippen molar-refractivity contribution in [2.45, 2.75) is 0 Å². The quantitative estimate of drug-likeness (QED) is 0.696. The Labute approximate surface area is 83.9 Å². The summed E-state index contributed by atoms with van der Waals surface area (Å²) in [6.45, 7) is 0. The molecule has 0 amide bonds. The molecule has 0 nitrogen and oxygen atoms in total. The van der Waals surface area contributed by atoms with Crippen LogP contribution in [-0.4, -0.2) is 0 Å². The first-order valence-electron chi connectivity index (χ1n) is 2.96. The fourth-order valence-corrected chi connectivity index (χ4v) is 1.52. The standard InChI is InChI=1S/C8H5BrCl2/c9-5-4-6-7(10)2-1-3-8(6)11/h1-5H/b5-4+. The number of hydrogen-bond acceptors (Lipinski definition) is 0. The van der Waals surface area contributed by atoms with Crippen molar-refractivity contribution in [1.82, 2.24) is 0 Å². The molecule has 1 rings (SSSR count). The van der Waals surface area contributed by atoms with Crippen LogP contribution in [0.3, 0.4) is 0 Å². The second-order valence-electron chi connectivity index (χ2n) is 1.93. The minimum atomic E-state index is 0.660. The van der Waals surface area contributed by atoms with Gasteiger partial charge in [-0.2, -0.15) is 0 Å². The zero-order valence-corrected chi connectivity index (χ0v) is 8.62. The van der Waals surface area contributed by atoms with E-state index in [4.69, 9.17) is 23.2 Å². The van der Waals surface area contributed by atoms with E-state index in [0.29, 0.717) is 10.0 Å². The van der Waals surface area contributed by atoms with Crippen molar-refractivity contribution in [2.24, 2.45) is 0 Å². The minimum Gasteiger partial charge on any atom is -0.0836 e. The summed E-state index contributed by atoms with van der Waals surface area (Å²) in [4.78, 5) is 1.72. The fourth-order valence-electron chi connectivity index (χ4n) is 0.733. The Balaban J connectivity index is 3.20. The van der Waals surface area contributed by atoms with E-state index in [1.165, 1.54) is 0 Å². The molecular weight excluding hydrogens is 247 g/mol. The van der Waals surface area contributed by atoms with E-state index >= 15 is 0 Å². The van der Waals surface area contributed by atoms with Crippen molar-refractivity contribution >= 4 is 45.2 Å². The van der Waals surface area contributed by atoms with Crippen LogP contribution in [0.2, 0.25) is 10.0 Å². The molecule has 1 aromatic rings. The highest BCUT2D eigenvalue weighted by atomic mass is 79.9. The van der Waals surface area contributed by atoms with Crippen LogP contribution in [-0.2, 0) is 0 Å². The van der Waals surface area contributed by atoms with Crippen molar-refractivity contribution < 1.29 is 0 Å². The van der Waals surface area contributed by atoms with E-state index in [1.807, 2.05) is 12.1 Å². The molecule has 0 fully saturated rings. The van der Waals surface area contributed by atoms with E-state index in [-0.39, 0.29) is 0 Å². The molecule has 58 valence electrons. The molecule has 3 heteroatoms. The Hall–Kier alpha value is 0.0200. The Morgan fingerprint density at radius 1 is 1.18 bits per heavy atom. The van der Waals surface area contributed by atoms with Gasteiger partial charge in [-0.3, -0.25) is 0 Å². The Morgan fingerprint density at radius 3 is 2.18 bits per heavy atom. The van der Waals surface area contributed by atoms with Crippen molar-refractivity contribution in [2.75, 3.05) is 0 Å². The van der Waals surface area contributed by atoms with Crippen LogP contribution < -0.4 is 0 Å². The summed E-state index contributed by atoms with van der Waals surface area (Å²) in [5.41, 5.74) is 0.840. The SMILES string of the molecule is Clc1cccc(Cl)c1/C=C/Br. The largest absolute Gasteiger partial charge is 0.0836 e. The summed E-state index contributed by atoms with van der Waals surface area (Å²) in [6.07, 6.45) is 1.81. The maximum Gasteiger partial charge on any atom is 0.0493 e. The minimum absolute atomic E-state index is 0.660. The van der Waals surface area contributed by atoms with Gasteiger partial charge >= 0.3 is 0 Å². The highest BCUT2D eigenvalue weighted by Gasteiger charge is 1.99. The number of halogens is 3. The number of rotatable bonds is 1. The lowest BCUT2D eigenvalue weighted by Crippen LogP contribution is -1.75. The molecule has 0 saturated heterocycles. The summed E-state index contributed by atoms with van der Waals surface area (Å²) in [5.74, 6) is 0.